The van der Waals surface area contributed by atoms with E-state index in [4.69, 9.17) is 0 Å². The highest BCUT2D eigenvalue weighted by molar-refractivity contribution is 5.75. The van der Waals surface area contributed by atoms with E-state index in [1.54, 1.807) is 0 Å². The summed E-state index contributed by atoms with van der Waals surface area (Å²) in [5, 5.41) is 11.7. The number of aliphatic hydroxyl groups is 1. The summed E-state index contributed by atoms with van der Waals surface area (Å²) in [6.45, 7) is 0.933. The maximum atomic E-state index is 13.2. The van der Waals surface area contributed by atoms with Crippen LogP contribution >= 0.6 is 0 Å². The smallest absolute Gasteiger partial charge is 0.396 e. The Labute approximate surface area is 127 Å². The standard InChI is InChI=1S/C14H23F3N2O3/c1-12(9-22-2,14(15,16)17)18-11(21)19-6-10-4-3-5-13(10,7-19)8-20/h10,20H,3-9H2,1-2H3,(H,18,21)/t10-,12?,13+/m0/s1. The van der Waals surface area contributed by atoms with E-state index in [1.165, 1.54) is 4.90 Å². The molecule has 1 unspecified atom stereocenters. The Bertz CT molecular complexity index is 432. The molecule has 1 saturated heterocycles. The molecule has 5 nitrogen and oxygen atoms in total. The van der Waals surface area contributed by atoms with Gasteiger partial charge in [-0.2, -0.15) is 13.2 Å². The van der Waals surface area contributed by atoms with E-state index < -0.39 is 24.4 Å². The van der Waals surface area contributed by atoms with Gasteiger partial charge < -0.3 is 20.1 Å². The minimum atomic E-state index is -4.61. The highest BCUT2D eigenvalue weighted by atomic mass is 19.4. The highest BCUT2D eigenvalue weighted by Crippen LogP contribution is 2.48. The fourth-order valence-corrected chi connectivity index (χ4v) is 3.62. The maximum Gasteiger partial charge on any atom is 0.413 e. The van der Waals surface area contributed by atoms with Crippen molar-refractivity contribution in [3.05, 3.63) is 0 Å². The molecule has 2 N–H and O–H groups in total. The van der Waals surface area contributed by atoms with E-state index in [-0.39, 0.29) is 17.9 Å². The van der Waals surface area contributed by atoms with Crippen LogP contribution in [-0.2, 0) is 4.74 Å². The zero-order chi connectivity index (χ0) is 16.6. The molecule has 1 saturated carbocycles. The average Bonchev–Trinajstić information content (AvgIpc) is 2.94. The van der Waals surface area contributed by atoms with Crippen LogP contribution in [0.5, 0.6) is 0 Å². The van der Waals surface area contributed by atoms with E-state index in [0.717, 1.165) is 33.3 Å². The first-order chi connectivity index (χ1) is 10.2. The number of nitrogens with zero attached hydrogens (tertiary/aromatic N) is 1. The normalized spacial score (nSPS) is 31.0. The summed E-state index contributed by atoms with van der Waals surface area (Å²) in [6, 6.07) is -0.751. The van der Waals surface area contributed by atoms with Crippen LogP contribution in [0.1, 0.15) is 26.2 Å². The van der Waals surface area contributed by atoms with Gasteiger partial charge in [-0.3, -0.25) is 0 Å². The molecule has 22 heavy (non-hydrogen) atoms. The summed E-state index contributed by atoms with van der Waals surface area (Å²) in [4.78, 5) is 13.6. The topological polar surface area (TPSA) is 61.8 Å². The number of amides is 2. The minimum Gasteiger partial charge on any atom is -0.396 e. The lowest BCUT2D eigenvalue weighted by Gasteiger charge is -2.34. The summed E-state index contributed by atoms with van der Waals surface area (Å²) < 4.78 is 44.1. The van der Waals surface area contributed by atoms with Crippen molar-refractivity contribution in [1.82, 2.24) is 10.2 Å². The molecule has 3 atom stereocenters. The van der Waals surface area contributed by atoms with Crippen molar-refractivity contribution in [3.63, 3.8) is 0 Å². The van der Waals surface area contributed by atoms with Gasteiger partial charge in [-0.1, -0.05) is 6.42 Å². The van der Waals surface area contributed by atoms with Gasteiger partial charge >= 0.3 is 12.2 Å². The molecular weight excluding hydrogens is 301 g/mol. The number of hydrogen-bond donors (Lipinski definition) is 2. The first kappa shape index (κ1) is 17.3. The van der Waals surface area contributed by atoms with Gasteiger partial charge in [-0.15, -0.1) is 0 Å². The van der Waals surface area contributed by atoms with Crippen molar-refractivity contribution in [1.29, 1.82) is 0 Å². The van der Waals surface area contributed by atoms with Crippen molar-refractivity contribution in [3.8, 4) is 0 Å². The number of nitrogens with one attached hydrogen (secondary N) is 1. The number of likely N-dealkylation sites (tertiary alicyclic amines) is 1. The average molecular weight is 324 g/mol. The molecule has 1 aliphatic carbocycles. The maximum absolute atomic E-state index is 13.2. The number of methoxy groups -OCH3 is 1. The number of halogens is 3. The van der Waals surface area contributed by atoms with Gasteiger partial charge in [0.2, 0.25) is 0 Å². The number of rotatable bonds is 4. The third kappa shape index (κ3) is 2.90. The van der Waals surface area contributed by atoms with Crippen LogP contribution in [0.15, 0.2) is 0 Å². The molecule has 0 aromatic carbocycles. The van der Waals surface area contributed by atoms with E-state index in [2.05, 4.69) is 10.1 Å². The number of urea groups is 1. The molecule has 1 aliphatic heterocycles. The fraction of sp³-hybridized carbons (Fsp3) is 0.929. The van der Waals surface area contributed by atoms with Gasteiger partial charge in [0.15, 0.2) is 5.54 Å². The van der Waals surface area contributed by atoms with Gasteiger partial charge in [0.1, 0.15) is 0 Å². The lowest BCUT2D eigenvalue weighted by Crippen LogP contribution is -2.61. The molecule has 0 radical (unpaired) electrons. The molecule has 2 rings (SSSR count). The third-order valence-corrected chi connectivity index (χ3v) is 5.08. The summed E-state index contributed by atoms with van der Waals surface area (Å²) in [5.74, 6) is 0.169. The molecule has 1 heterocycles. The van der Waals surface area contributed by atoms with Crippen molar-refractivity contribution in [2.45, 2.75) is 37.9 Å². The predicted molar refractivity (Wildman–Crippen MR) is 73.3 cm³/mol. The second-order valence-corrected chi connectivity index (χ2v) is 6.68. The minimum absolute atomic E-state index is 0.0317. The SMILES string of the molecule is COCC(C)(NC(=O)N1C[C@@H]2CCC[C@]2(CO)C1)C(F)(F)F. The zero-order valence-corrected chi connectivity index (χ0v) is 12.9. The molecule has 0 aromatic heterocycles. The molecule has 8 heteroatoms. The molecule has 0 bridgehead atoms. The predicted octanol–water partition coefficient (Wildman–Crippen LogP) is 1.76. The molecule has 2 amide bonds. The fourth-order valence-electron chi connectivity index (χ4n) is 3.62. The van der Waals surface area contributed by atoms with Gasteiger partial charge in [0.25, 0.3) is 0 Å². The number of carbonyl (C=O) groups is 1. The number of aliphatic hydroxyl groups excluding tert-OH is 1. The number of carbonyl (C=O) groups excluding carboxylic acids is 1. The van der Waals surface area contributed by atoms with Crippen molar-refractivity contribution in [2.75, 3.05) is 33.4 Å². The second-order valence-electron chi connectivity index (χ2n) is 6.68. The lowest BCUT2D eigenvalue weighted by atomic mass is 9.82. The monoisotopic (exact) mass is 324 g/mol. The third-order valence-electron chi connectivity index (χ3n) is 5.08. The van der Waals surface area contributed by atoms with Crippen molar-refractivity contribution >= 4 is 6.03 Å². The van der Waals surface area contributed by atoms with Gasteiger partial charge in [-0.25, -0.2) is 4.79 Å². The Kier molecular flexibility index (Phi) is 4.64. The molecule has 2 aliphatic rings. The molecule has 0 spiro atoms. The first-order valence-electron chi connectivity index (χ1n) is 7.41. The van der Waals surface area contributed by atoms with Gasteiger partial charge in [0.05, 0.1) is 13.2 Å². The van der Waals surface area contributed by atoms with Crippen LogP contribution in [0.3, 0.4) is 0 Å². The van der Waals surface area contributed by atoms with Crippen molar-refractivity contribution < 1.29 is 27.8 Å². The van der Waals surface area contributed by atoms with Crippen LogP contribution in [0.2, 0.25) is 0 Å². The van der Waals surface area contributed by atoms with Crippen molar-refractivity contribution in [2.24, 2.45) is 11.3 Å². The summed E-state index contributed by atoms with van der Waals surface area (Å²) in [5.41, 5.74) is -2.77. The molecule has 128 valence electrons. The van der Waals surface area contributed by atoms with Crippen LogP contribution in [0, 0.1) is 11.3 Å². The van der Waals surface area contributed by atoms with Crippen LogP contribution in [-0.4, -0.2) is 61.2 Å². The summed E-state index contributed by atoms with van der Waals surface area (Å²) in [7, 11) is 1.16. The Balaban J connectivity index is 2.06. The zero-order valence-electron chi connectivity index (χ0n) is 12.9. The summed E-state index contributed by atoms with van der Waals surface area (Å²) >= 11 is 0. The van der Waals surface area contributed by atoms with Crippen LogP contribution < -0.4 is 5.32 Å². The molecular formula is C14H23F3N2O3. The highest BCUT2D eigenvalue weighted by Gasteiger charge is 2.55. The van der Waals surface area contributed by atoms with E-state index in [9.17, 15) is 23.1 Å². The quantitative estimate of drug-likeness (QED) is 0.828. The Morgan fingerprint density at radius 2 is 2.18 bits per heavy atom. The summed E-state index contributed by atoms with van der Waals surface area (Å²) in [6.07, 6.45) is -1.90. The van der Waals surface area contributed by atoms with E-state index >= 15 is 0 Å². The Morgan fingerprint density at radius 1 is 1.50 bits per heavy atom. The number of alkyl halides is 3. The lowest BCUT2D eigenvalue weighted by molar-refractivity contribution is -0.200. The Hall–Kier alpha value is -1.02. The van der Waals surface area contributed by atoms with Crippen LogP contribution in [0.4, 0.5) is 18.0 Å². The van der Waals surface area contributed by atoms with Gasteiger partial charge in [0, 0.05) is 25.6 Å². The number of fused-ring (bicyclic) bond motifs is 1. The first-order valence-corrected chi connectivity index (χ1v) is 7.41. The van der Waals surface area contributed by atoms with Crippen LogP contribution in [0.25, 0.3) is 0 Å². The largest absolute Gasteiger partial charge is 0.413 e. The van der Waals surface area contributed by atoms with Gasteiger partial charge in [-0.05, 0) is 25.7 Å². The van der Waals surface area contributed by atoms with E-state index in [1.807, 2.05) is 0 Å². The number of hydrogen-bond acceptors (Lipinski definition) is 3. The number of ether oxygens (including phenoxy) is 1. The molecule has 2 fully saturated rings. The van der Waals surface area contributed by atoms with E-state index in [0.29, 0.717) is 13.1 Å². The molecule has 0 aromatic rings. The second kappa shape index (κ2) is 5.88. The Morgan fingerprint density at radius 3 is 2.68 bits per heavy atom.